The summed E-state index contributed by atoms with van der Waals surface area (Å²) in [7, 11) is 0. The molecule has 0 radical (unpaired) electrons. The summed E-state index contributed by atoms with van der Waals surface area (Å²) in [5.74, 6) is 0.605. The molecule has 1 fully saturated rings. The van der Waals surface area contributed by atoms with Gasteiger partial charge in [0.15, 0.2) is 0 Å². The maximum absolute atomic E-state index is 12.4. The number of aromatic nitrogens is 3. The minimum Gasteiger partial charge on any atom is -0.337 e. The van der Waals surface area contributed by atoms with Crippen LogP contribution < -0.4 is 0 Å². The fourth-order valence-electron chi connectivity index (χ4n) is 2.44. The fraction of sp³-hybridized carbons (Fsp3) is 0.429. The molecule has 3 rings (SSSR count). The molecule has 5 nitrogen and oxygen atoms in total. The summed E-state index contributed by atoms with van der Waals surface area (Å²) in [6.07, 6.45) is 7.19. The summed E-state index contributed by atoms with van der Waals surface area (Å²) in [4.78, 5) is 27.0. The van der Waals surface area contributed by atoms with Crippen LogP contribution in [-0.4, -0.2) is 38.8 Å². The van der Waals surface area contributed by atoms with Crippen LogP contribution in [0.25, 0.3) is 10.7 Å². The van der Waals surface area contributed by atoms with Gasteiger partial charge in [-0.1, -0.05) is 6.92 Å². The number of carbonyl (C=O) groups excluding carboxylic acids is 1. The molecule has 6 heteroatoms. The van der Waals surface area contributed by atoms with E-state index in [2.05, 4.69) is 21.9 Å². The Balaban J connectivity index is 1.78. The number of piperidine rings is 1. The van der Waals surface area contributed by atoms with Crippen molar-refractivity contribution in [2.75, 3.05) is 13.1 Å². The molecule has 1 aliphatic rings. The van der Waals surface area contributed by atoms with Crippen molar-refractivity contribution in [1.29, 1.82) is 0 Å². The molecule has 2 aromatic rings. The van der Waals surface area contributed by atoms with Gasteiger partial charge < -0.3 is 4.90 Å². The SMILES string of the molecule is C[C@H]1CCCN(C(=O)c2csc(-c3cnccn3)n2)C1. The Morgan fingerprint density at radius 1 is 1.45 bits per heavy atom. The van der Waals surface area contributed by atoms with Gasteiger partial charge in [0.1, 0.15) is 16.4 Å². The average molecular weight is 288 g/mol. The Kier molecular flexibility index (Phi) is 3.73. The number of nitrogens with zero attached hydrogens (tertiary/aromatic N) is 4. The monoisotopic (exact) mass is 288 g/mol. The molecule has 0 N–H and O–H groups in total. The van der Waals surface area contributed by atoms with Crippen LogP contribution in [0.5, 0.6) is 0 Å². The van der Waals surface area contributed by atoms with Crippen LogP contribution in [-0.2, 0) is 0 Å². The first-order chi connectivity index (χ1) is 9.74. The summed E-state index contributed by atoms with van der Waals surface area (Å²) in [6, 6.07) is 0. The van der Waals surface area contributed by atoms with Crippen LogP contribution in [0.3, 0.4) is 0 Å². The molecule has 0 spiro atoms. The van der Waals surface area contributed by atoms with Crippen molar-refractivity contribution in [3.05, 3.63) is 29.7 Å². The van der Waals surface area contributed by atoms with Gasteiger partial charge in [0.25, 0.3) is 5.91 Å². The fourth-order valence-corrected chi connectivity index (χ4v) is 3.19. The van der Waals surface area contributed by atoms with Crippen LogP contribution in [0.2, 0.25) is 0 Å². The summed E-state index contributed by atoms with van der Waals surface area (Å²) >= 11 is 1.43. The van der Waals surface area contributed by atoms with Crippen LogP contribution in [0.1, 0.15) is 30.3 Å². The predicted molar refractivity (Wildman–Crippen MR) is 77.4 cm³/mol. The second kappa shape index (κ2) is 5.66. The molecule has 0 aliphatic carbocycles. The Hall–Kier alpha value is -1.82. The minimum atomic E-state index is 0.0305. The summed E-state index contributed by atoms with van der Waals surface area (Å²) in [5.41, 5.74) is 1.23. The maximum Gasteiger partial charge on any atom is 0.273 e. The zero-order valence-electron chi connectivity index (χ0n) is 11.3. The first kappa shape index (κ1) is 13.2. The van der Waals surface area contributed by atoms with Crippen molar-refractivity contribution < 1.29 is 4.79 Å². The lowest BCUT2D eigenvalue weighted by Crippen LogP contribution is -2.39. The summed E-state index contributed by atoms with van der Waals surface area (Å²) < 4.78 is 0. The van der Waals surface area contributed by atoms with E-state index in [1.165, 1.54) is 17.8 Å². The van der Waals surface area contributed by atoms with Gasteiger partial charge in [-0.15, -0.1) is 11.3 Å². The van der Waals surface area contributed by atoms with Gasteiger partial charge in [-0.2, -0.15) is 0 Å². The highest BCUT2D eigenvalue weighted by molar-refractivity contribution is 7.13. The van der Waals surface area contributed by atoms with E-state index in [1.807, 2.05) is 10.3 Å². The molecule has 20 heavy (non-hydrogen) atoms. The molecule has 1 aliphatic heterocycles. The summed E-state index contributed by atoms with van der Waals surface area (Å²) in [5, 5.41) is 2.55. The highest BCUT2D eigenvalue weighted by Gasteiger charge is 2.24. The van der Waals surface area contributed by atoms with E-state index in [-0.39, 0.29) is 5.91 Å². The van der Waals surface area contributed by atoms with Gasteiger partial charge in [0, 0.05) is 30.9 Å². The Bertz CT molecular complexity index is 598. The topological polar surface area (TPSA) is 59.0 Å². The van der Waals surface area contributed by atoms with Crippen molar-refractivity contribution in [1.82, 2.24) is 19.9 Å². The van der Waals surface area contributed by atoms with E-state index in [0.29, 0.717) is 17.3 Å². The molecule has 1 atom stereocenters. The Labute approximate surface area is 121 Å². The van der Waals surface area contributed by atoms with Crippen LogP contribution in [0.15, 0.2) is 24.0 Å². The number of likely N-dealkylation sites (tertiary alicyclic amines) is 1. The quantitative estimate of drug-likeness (QED) is 0.851. The van der Waals surface area contributed by atoms with E-state index in [0.717, 1.165) is 24.5 Å². The number of amides is 1. The third kappa shape index (κ3) is 2.70. The van der Waals surface area contributed by atoms with Crippen LogP contribution in [0, 0.1) is 5.92 Å². The standard InChI is InChI=1S/C14H16N4OS/c1-10-3-2-6-18(8-10)14(19)12-9-20-13(17-12)11-7-15-4-5-16-11/h4-5,7,9-10H,2-3,6,8H2,1H3/t10-/m0/s1. The molecular weight excluding hydrogens is 272 g/mol. The Morgan fingerprint density at radius 3 is 3.10 bits per heavy atom. The Morgan fingerprint density at radius 2 is 2.35 bits per heavy atom. The van der Waals surface area contributed by atoms with E-state index in [1.54, 1.807) is 18.6 Å². The highest BCUT2D eigenvalue weighted by atomic mass is 32.1. The molecule has 0 aromatic carbocycles. The number of hydrogen-bond donors (Lipinski definition) is 0. The predicted octanol–water partition coefficient (Wildman–Crippen LogP) is 2.47. The van der Waals surface area contributed by atoms with E-state index in [4.69, 9.17) is 0 Å². The smallest absolute Gasteiger partial charge is 0.273 e. The van der Waals surface area contributed by atoms with Crippen molar-refractivity contribution >= 4 is 17.2 Å². The second-order valence-corrected chi connectivity index (χ2v) is 5.99. The van der Waals surface area contributed by atoms with Gasteiger partial charge in [-0.3, -0.25) is 14.8 Å². The van der Waals surface area contributed by atoms with Crippen LogP contribution >= 0.6 is 11.3 Å². The number of hydrogen-bond acceptors (Lipinski definition) is 5. The largest absolute Gasteiger partial charge is 0.337 e. The number of rotatable bonds is 2. The summed E-state index contributed by atoms with van der Waals surface area (Å²) in [6.45, 7) is 3.85. The molecule has 2 aromatic heterocycles. The average Bonchev–Trinajstić information content (AvgIpc) is 2.97. The van der Waals surface area contributed by atoms with Gasteiger partial charge in [0.2, 0.25) is 0 Å². The van der Waals surface area contributed by atoms with Crippen molar-refractivity contribution in [2.45, 2.75) is 19.8 Å². The lowest BCUT2D eigenvalue weighted by molar-refractivity contribution is 0.0678. The third-order valence-corrected chi connectivity index (χ3v) is 4.31. The molecular formula is C14H16N4OS. The molecule has 1 amide bonds. The molecule has 3 heterocycles. The van der Waals surface area contributed by atoms with E-state index in [9.17, 15) is 4.79 Å². The molecule has 104 valence electrons. The minimum absolute atomic E-state index is 0.0305. The lowest BCUT2D eigenvalue weighted by atomic mass is 10.0. The lowest BCUT2D eigenvalue weighted by Gasteiger charge is -2.30. The number of thiazole rings is 1. The van der Waals surface area contributed by atoms with Gasteiger partial charge in [0.05, 0.1) is 6.20 Å². The van der Waals surface area contributed by atoms with Gasteiger partial charge in [-0.25, -0.2) is 4.98 Å². The van der Waals surface area contributed by atoms with Crippen molar-refractivity contribution in [3.63, 3.8) is 0 Å². The molecule has 1 saturated heterocycles. The molecule has 0 saturated carbocycles. The maximum atomic E-state index is 12.4. The highest BCUT2D eigenvalue weighted by Crippen LogP contribution is 2.23. The number of carbonyl (C=O) groups is 1. The normalized spacial score (nSPS) is 19.1. The van der Waals surface area contributed by atoms with Gasteiger partial charge >= 0.3 is 0 Å². The van der Waals surface area contributed by atoms with E-state index < -0.39 is 0 Å². The van der Waals surface area contributed by atoms with Crippen LogP contribution in [0.4, 0.5) is 0 Å². The zero-order valence-corrected chi connectivity index (χ0v) is 12.1. The van der Waals surface area contributed by atoms with Gasteiger partial charge in [-0.05, 0) is 18.8 Å². The zero-order chi connectivity index (χ0) is 13.9. The molecule has 0 bridgehead atoms. The van der Waals surface area contributed by atoms with Crippen molar-refractivity contribution in [3.8, 4) is 10.7 Å². The first-order valence-electron chi connectivity index (χ1n) is 6.75. The third-order valence-electron chi connectivity index (χ3n) is 3.45. The second-order valence-electron chi connectivity index (χ2n) is 5.13. The van der Waals surface area contributed by atoms with Crippen molar-refractivity contribution in [2.24, 2.45) is 5.92 Å². The van der Waals surface area contributed by atoms with E-state index >= 15 is 0 Å². The first-order valence-corrected chi connectivity index (χ1v) is 7.63. The molecule has 0 unspecified atom stereocenters.